The number of hydrogen-bond acceptors (Lipinski definition) is 5. The zero-order chi connectivity index (χ0) is 15.1. The largest absolute Gasteiger partial charge is 0.395 e. The first-order valence-electron chi connectivity index (χ1n) is 7.24. The molecular formula is C15H23N3O3. The molecule has 1 aromatic carbocycles. The van der Waals surface area contributed by atoms with Crippen LogP contribution in [0.15, 0.2) is 24.3 Å². The van der Waals surface area contributed by atoms with Gasteiger partial charge in [-0.2, -0.15) is 0 Å². The number of nitrogens with two attached hydrogens (primary N) is 1. The Morgan fingerprint density at radius 2 is 2.38 bits per heavy atom. The number of nitrogens with one attached hydrogen (secondary N) is 1. The molecule has 0 aliphatic carbocycles. The standard InChI is InChI=1S/C15H23N3O3/c16-9-12-2-1-3-13(8-12)17-15(20)4-5-18-6-7-21-11-14(18)10-19/h1-3,8,14,19H,4-7,9-11,16H2,(H,17,20). The van der Waals surface area contributed by atoms with Crippen LogP contribution in [0.3, 0.4) is 0 Å². The van der Waals surface area contributed by atoms with Crippen LogP contribution in [0.5, 0.6) is 0 Å². The van der Waals surface area contributed by atoms with E-state index in [1.54, 1.807) is 0 Å². The number of anilines is 1. The highest BCUT2D eigenvalue weighted by Gasteiger charge is 2.22. The number of morpholine rings is 1. The second-order valence-electron chi connectivity index (χ2n) is 5.15. The molecule has 0 saturated carbocycles. The molecule has 0 spiro atoms. The summed E-state index contributed by atoms with van der Waals surface area (Å²) in [6.45, 7) is 3.06. The molecule has 21 heavy (non-hydrogen) atoms. The third kappa shape index (κ3) is 4.78. The third-order valence-electron chi connectivity index (χ3n) is 3.63. The molecule has 6 nitrogen and oxygen atoms in total. The highest BCUT2D eigenvalue weighted by Crippen LogP contribution is 2.11. The smallest absolute Gasteiger partial charge is 0.225 e. The maximum absolute atomic E-state index is 12.0. The van der Waals surface area contributed by atoms with Gasteiger partial charge in [0.05, 0.1) is 25.9 Å². The van der Waals surface area contributed by atoms with Crippen molar-refractivity contribution in [2.24, 2.45) is 5.73 Å². The lowest BCUT2D eigenvalue weighted by Crippen LogP contribution is -2.48. The van der Waals surface area contributed by atoms with E-state index in [0.29, 0.717) is 32.7 Å². The number of benzene rings is 1. The maximum Gasteiger partial charge on any atom is 0.225 e. The highest BCUT2D eigenvalue weighted by atomic mass is 16.5. The molecule has 1 heterocycles. The Hall–Kier alpha value is -1.47. The molecule has 1 unspecified atom stereocenters. The van der Waals surface area contributed by atoms with Crippen molar-refractivity contribution in [2.75, 3.05) is 38.2 Å². The normalized spacial score (nSPS) is 19.4. The zero-order valence-electron chi connectivity index (χ0n) is 12.1. The summed E-state index contributed by atoms with van der Waals surface area (Å²) in [5, 5.41) is 12.2. The molecule has 1 fully saturated rings. The molecule has 116 valence electrons. The SMILES string of the molecule is NCc1cccc(NC(=O)CCN2CCOCC2CO)c1. The fourth-order valence-electron chi connectivity index (χ4n) is 2.40. The van der Waals surface area contributed by atoms with Gasteiger partial charge in [-0.25, -0.2) is 0 Å². The van der Waals surface area contributed by atoms with Gasteiger partial charge >= 0.3 is 0 Å². The fourth-order valence-corrected chi connectivity index (χ4v) is 2.40. The summed E-state index contributed by atoms with van der Waals surface area (Å²) in [7, 11) is 0. The molecule has 1 saturated heterocycles. The van der Waals surface area contributed by atoms with E-state index in [2.05, 4.69) is 10.2 Å². The molecular weight excluding hydrogens is 270 g/mol. The van der Waals surface area contributed by atoms with E-state index in [9.17, 15) is 9.90 Å². The van der Waals surface area contributed by atoms with Crippen molar-refractivity contribution in [3.05, 3.63) is 29.8 Å². The Bertz CT molecular complexity index is 467. The summed E-state index contributed by atoms with van der Waals surface area (Å²) in [5.74, 6) is -0.0349. The minimum Gasteiger partial charge on any atom is -0.395 e. The van der Waals surface area contributed by atoms with Gasteiger partial charge in [0, 0.05) is 31.7 Å². The van der Waals surface area contributed by atoms with Gasteiger partial charge in [0.25, 0.3) is 0 Å². The minimum atomic E-state index is -0.0349. The number of rotatable bonds is 6. The highest BCUT2D eigenvalue weighted by molar-refractivity contribution is 5.90. The average Bonchev–Trinajstić information content (AvgIpc) is 2.53. The molecule has 1 atom stereocenters. The van der Waals surface area contributed by atoms with Crippen molar-refractivity contribution >= 4 is 11.6 Å². The van der Waals surface area contributed by atoms with E-state index < -0.39 is 0 Å². The molecule has 1 amide bonds. The lowest BCUT2D eigenvalue weighted by Gasteiger charge is -2.34. The Morgan fingerprint density at radius 1 is 1.52 bits per heavy atom. The number of carbonyl (C=O) groups excluding carboxylic acids is 1. The monoisotopic (exact) mass is 293 g/mol. The predicted molar refractivity (Wildman–Crippen MR) is 80.8 cm³/mol. The van der Waals surface area contributed by atoms with Gasteiger partial charge in [-0.1, -0.05) is 12.1 Å². The van der Waals surface area contributed by atoms with Crippen molar-refractivity contribution in [3.63, 3.8) is 0 Å². The van der Waals surface area contributed by atoms with Gasteiger partial charge in [0.1, 0.15) is 0 Å². The number of aliphatic hydroxyl groups is 1. The average molecular weight is 293 g/mol. The summed E-state index contributed by atoms with van der Waals surface area (Å²) in [4.78, 5) is 14.1. The minimum absolute atomic E-state index is 0.00730. The van der Waals surface area contributed by atoms with Crippen molar-refractivity contribution < 1.29 is 14.6 Å². The van der Waals surface area contributed by atoms with E-state index in [1.165, 1.54) is 0 Å². The van der Waals surface area contributed by atoms with Crippen molar-refractivity contribution in [2.45, 2.75) is 19.0 Å². The summed E-state index contributed by atoms with van der Waals surface area (Å²) >= 11 is 0. The number of hydrogen-bond donors (Lipinski definition) is 3. The van der Waals surface area contributed by atoms with Crippen LogP contribution < -0.4 is 11.1 Å². The van der Waals surface area contributed by atoms with Gasteiger partial charge in [0.2, 0.25) is 5.91 Å². The number of carbonyl (C=O) groups is 1. The van der Waals surface area contributed by atoms with Crippen LogP contribution in [0.1, 0.15) is 12.0 Å². The van der Waals surface area contributed by atoms with E-state index in [1.807, 2.05) is 24.3 Å². The second-order valence-corrected chi connectivity index (χ2v) is 5.15. The third-order valence-corrected chi connectivity index (χ3v) is 3.63. The molecule has 0 aromatic heterocycles. The lowest BCUT2D eigenvalue weighted by atomic mass is 10.2. The van der Waals surface area contributed by atoms with E-state index in [0.717, 1.165) is 17.8 Å². The van der Waals surface area contributed by atoms with Crippen LogP contribution in [0.2, 0.25) is 0 Å². The Kier molecular flexibility index (Phi) is 6.13. The van der Waals surface area contributed by atoms with Gasteiger partial charge in [-0.05, 0) is 17.7 Å². The van der Waals surface area contributed by atoms with Crippen LogP contribution >= 0.6 is 0 Å². The van der Waals surface area contributed by atoms with Gasteiger partial charge in [0.15, 0.2) is 0 Å². The van der Waals surface area contributed by atoms with Crippen LogP contribution in [-0.2, 0) is 16.1 Å². The van der Waals surface area contributed by atoms with Crippen LogP contribution in [0.25, 0.3) is 0 Å². The van der Waals surface area contributed by atoms with Crippen molar-refractivity contribution in [3.8, 4) is 0 Å². The molecule has 1 aliphatic heterocycles. The van der Waals surface area contributed by atoms with Crippen LogP contribution in [0.4, 0.5) is 5.69 Å². The van der Waals surface area contributed by atoms with Gasteiger partial charge in [-0.15, -0.1) is 0 Å². The van der Waals surface area contributed by atoms with Crippen LogP contribution in [-0.4, -0.2) is 54.9 Å². The molecule has 1 aromatic rings. The summed E-state index contributed by atoms with van der Waals surface area (Å²) in [6.07, 6.45) is 0.392. The molecule has 6 heteroatoms. The lowest BCUT2D eigenvalue weighted by molar-refractivity contribution is -0.117. The molecule has 2 rings (SSSR count). The maximum atomic E-state index is 12.0. The topological polar surface area (TPSA) is 87.8 Å². The number of nitrogens with zero attached hydrogens (tertiary/aromatic N) is 1. The first kappa shape index (κ1) is 15.9. The van der Waals surface area contributed by atoms with Gasteiger partial charge < -0.3 is 20.9 Å². The Balaban J connectivity index is 1.81. The first-order chi connectivity index (χ1) is 10.2. The van der Waals surface area contributed by atoms with Gasteiger partial charge in [-0.3, -0.25) is 9.69 Å². The predicted octanol–water partition coefficient (Wildman–Crippen LogP) is 0.167. The summed E-state index contributed by atoms with van der Waals surface area (Å²) < 4.78 is 5.32. The van der Waals surface area contributed by atoms with Crippen molar-refractivity contribution in [1.29, 1.82) is 0 Å². The Labute approximate surface area is 124 Å². The fraction of sp³-hybridized carbons (Fsp3) is 0.533. The number of ether oxygens (including phenoxy) is 1. The Morgan fingerprint density at radius 3 is 3.14 bits per heavy atom. The summed E-state index contributed by atoms with van der Waals surface area (Å²) in [6, 6.07) is 7.52. The molecule has 4 N–H and O–H groups in total. The molecule has 0 bridgehead atoms. The second kappa shape index (κ2) is 8.09. The number of amides is 1. The summed E-state index contributed by atoms with van der Waals surface area (Å²) in [5.41, 5.74) is 7.34. The van der Waals surface area contributed by atoms with E-state index in [-0.39, 0.29) is 18.6 Å². The van der Waals surface area contributed by atoms with Crippen molar-refractivity contribution in [1.82, 2.24) is 4.90 Å². The molecule has 0 radical (unpaired) electrons. The number of aliphatic hydroxyl groups excluding tert-OH is 1. The van der Waals surface area contributed by atoms with Crippen LogP contribution in [0, 0.1) is 0 Å². The quantitative estimate of drug-likeness (QED) is 0.696. The van der Waals surface area contributed by atoms with E-state index >= 15 is 0 Å². The molecule has 1 aliphatic rings. The van der Waals surface area contributed by atoms with E-state index in [4.69, 9.17) is 10.5 Å². The zero-order valence-corrected chi connectivity index (χ0v) is 12.1. The first-order valence-corrected chi connectivity index (χ1v) is 7.24.